The average Bonchev–Trinajstić information content (AvgIpc) is 2.50. The van der Waals surface area contributed by atoms with Gasteiger partial charge in [0.15, 0.2) is 0 Å². The van der Waals surface area contributed by atoms with Crippen LogP contribution in [0, 0.1) is 0 Å². The standard InChI is InChI=1S/C19H21N/c1-3-10-16(2)19(17-11-6-4-7-12-17)15-20-18-13-8-5-9-14-18/h4-15,20H,3H2,1-2H3/b16-10-,19-15+. The molecule has 20 heavy (non-hydrogen) atoms. The molecule has 0 aliphatic rings. The zero-order valence-corrected chi connectivity index (χ0v) is 12.1. The number of hydrogen-bond donors (Lipinski definition) is 1. The Balaban J connectivity index is 2.30. The van der Waals surface area contributed by atoms with Crippen LogP contribution in [0.15, 0.2) is 78.5 Å². The van der Waals surface area contributed by atoms with E-state index >= 15 is 0 Å². The molecule has 0 aliphatic heterocycles. The Kier molecular flexibility index (Phi) is 5.19. The van der Waals surface area contributed by atoms with E-state index in [0.29, 0.717) is 0 Å². The second-order valence-electron chi connectivity index (χ2n) is 4.73. The molecule has 1 N–H and O–H groups in total. The van der Waals surface area contributed by atoms with Gasteiger partial charge >= 0.3 is 0 Å². The highest BCUT2D eigenvalue weighted by Gasteiger charge is 2.03. The van der Waals surface area contributed by atoms with E-state index in [1.807, 2.05) is 24.3 Å². The first-order valence-electron chi connectivity index (χ1n) is 7.05. The normalized spacial score (nSPS) is 12.3. The van der Waals surface area contributed by atoms with Crippen molar-refractivity contribution in [3.05, 3.63) is 84.1 Å². The van der Waals surface area contributed by atoms with Crippen molar-refractivity contribution < 1.29 is 0 Å². The third-order valence-electron chi connectivity index (χ3n) is 3.18. The number of para-hydroxylation sites is 1. The van der Waals surface area contributed by atoms with E-state index in [1.165, 1.54) is 16.7 Å². The van der Waals surface area contributed by atoms with Crippen LogP contribution in [0.3, 0.4) is 0 Å². The van der Waals surface area contributed by atoms with Gasteiger partial charge in [0, 0.05) is 17.5 Å². The van der Waals surface area contributed by atoms with Crippen molar-refractivity contribution in [3.63, 3.8) is 0 Å². The molecule has 2 aromatic rings. The van der Waals surface area contributed by atoms with Crippen molar-refractivity contribution in [1.29, 1.82) is 0 Å². The molecule has 1 heteroatoms. The highest BCUT2D eigenvalue weighted by molar-refractivity contribution is 5.79. The van der Waals surface area contributed by atoms with Crippen LogP contribution < -0.4 is 5.32 Å². The summed E-state index contributed by atoms with van der Waals surface area (Å²) in [5.74, 6) is 0. The van der Waals surface area contributed by atoms with Gasteiger partial charge in [-0.1, -0.05) is 61.5 Å². The molecule has 0 radical (unpaired) electrons. The summed E-state index contributed by atoms with van der Waals surface area (Å²) < 4.78 is 0. The van der Waals surface area contributed by atoms with Gasteiger partial charge < -0.3 is 5.32 Å². The zero-order valence-electron chi connectivity index (χ0n) is 12.1. The molecule has 0 unspecified atom stereocenters. The molecular weight excluding hydrogens is 242 g/mol. The molecule has 2 rings (SSSR count). The molecule has 0 aromatic heterocycles. The smallest absolute Gasteiger partial charge is 0.0379 e. The van der Waals surface area contributed by atoms with Crippen molar-refractivity contribution in [3.8, 4) is 0 Å². The number of nitrogens with one attached hydrogen (secondary N) is 1. The van der Waals surface area contributed by atoms with Gasteiger partial charge in [0.1, 0.15) is 0 Å². The highest BCUT2D eigenvalue weighted by Crippen LogP contribution is 2.23. The lowest BCUT2D eigenvalue weighted by Gasteiger charge is -2.10. The first-order valence-corrected chi connectivity index (χ1v) is 7.05. The summed E-state index contributed by atoms with van der Waals surface area (Å²) in [6, 6.07) is 20.7. The predicted molar refractivity (Wildman–Crippen MR) is 88.5 cm³/mol. The van der Waals surface area contributed by atoms with E-state index in [0.717, 1.165) is 12.1 Å². The van der Waals surface area contributed by atoms with Crippen molar-refractivity contribution in [2.45, 2.75) is 20.3 Å². The molecule has 0 heterocycles. The van der Waals surface area contributed by atoms with Crippen LogP contribution in [0.1, 0.15) is 25.8 Å². The summed E-state index contributed by atoms with van der Waals surface area (Å²) in [7, 11) is 0. The summed E-state index contributed by atoms with van der Waals surface area (Å²) in [6.07, 6.45) is 5.39. The van der Waals surface area contributed by atoms with Gasteiger partial charge in [0.25, 0.3) is 0 Å². The van der Waals surface area contributed by atoms with Crippen LogP contribution in [-0.2, 0) is 0 Å². The molecule has 2 aromatic carbocycles. The van der Waals surface area contributed by atoms with Crippen molar-refractivity contribution in [1.82, 2.24) is 0 Å². The van der Waals surface area contributed by atoms with Gasteiger partial charge in [-0.25, -0.2) is 0 Å². The van der Waals surface area contributed by atoms with Crippen LogP contribution in [0.4, 0.5) is 5.69 Å². The Hall–Kier alpha value is -2.28. The molecule has 0 spiro atoms. The molecule has 0 amide bonds. The molecule has 102 valence electrons. The van der Waals surface area contributed by atoms with E-state index in [1.54, 1.807) is 0 Å². The first kappa shape index (κ1) is 14.1. The van der Waals surface area contributed by atoms with Crippen LogP contribution in [0.25, 0.3) is 5.57 Å². The van der Waals surface area contributed by atoms with Gasteiger partial charge in [-0.05, 0) is 36.6 Å². The Bertz CT molecular complexity index is 580. The lowest BCUT2D eigenvalue weighted by molar-refractivity contribution is 1.20. The highest BCUT2D eigenvalue weighted by atomic mass is 14.8. The number of hydrogen-bond acceptors (Lipinski definition) is 1. The lowest BCUT2D eigenvalue weighted by Crippen LogP contribution is -1.93. The monoisotopic (exact) mass is 263 g/mol. The summed E-state index contributed by atoms with van der Waals surface area (Å²) >= 11 is 0. The molecule has 0 fully saturated rings. The molecule has 0 aliphatic carbocycles. The van der Waals surface area contributed by atoms with E-state index in [4.69, 9.17) is 0 Å². The van der Waals surface area contributed by atoms with Gasteiger partial charge in [-0.2, -0.15) is 0 Å². The minimum Gasteiger partial charge on any atom is -0.361 e. The minimum absolute atomic E-state index is 1.04. The first-order chi connectivity index (χ1) is 9.81. The van der Waals surface area contributed by atoms with Crippen LogP contribution in [0.2, 0.25) is 0 Å². The molecular formula is C19H21N. The average molecular weight is 263 g/mol. The molecule has 0 saturated heterocycles. The maximum Gasteiger partial charge on any atom is 0.0379 e. The number of allylic oxidation sites excluding steroid dienone is 3. The molecule has 0 atom stereocenters. The summed E-state index contributed by atoms with van der Waals surface area (Å²) in [4.78, 5) is 0. The maximum absolute atomic E-state index is 3.38. The SMILES string of the molecule is CC/C=C(C)\C(=C/Nc1ccccc1)c1ccccc1. The maximum atomic E-state index is 3.38. The molecule has 0 saturated carbocycles. The van der Waals surface area contributed by atoms with Crippen molar-refractivity contribution in [2.24, 2.45) is 0 Å². The van der Waals surface area contributed by atoms with Gasteiger partial charge in [0.05, 0.1) is 0 Å². The summed E-state index contributed by atoms with van der Waals surface area (Å²) in [5, 5.41) is 3.38. The Morgan fingerprint density at radius 3 is 2.15 bits per heavy atom. The summed E-state index contributed by atoms with van der Waals surface area (Å²) in [6.45, 7) is 4.33. The number of anilines is 1. The quantitative estimate of drug-likeness (QED) is 0.703. The van der Waals surface area contributed by atoms with Crippen LogP contribution in [0.5, 0.6) is 0 Å². The fourth-order valence-electron chi connectivity index (χ4n) is 2.15. The van der Waals surface area contributed by atoms with Crippen molar-refractivity contribution >= 4 is 11.3 Å². The largest absolute Gasteiger partial charge is 0.361 e. The van der Waals surface area contributed by atoms with Crippen LogP contribution in [-0.4, -0.2) is 0 Å². The van der Waals surface area contributed by atoms with Crippen LogP contribution >= 0.6 is 0 Å². The topological polar surface area (TPSA) is 12.0 Å². The molecule has 1 nitrogen and oxygen atoms in total. The fraction of sp³-hybridized carbons (Fsp3) is 0.158. The Labute approximate surface area is 121 Å². The third-order valence-corrected chi connectivity index (χ3v) is 3.18. The summed E-state index contributed by atoms with van der Waals surface area (Å²) in [5.41, 5.74) is 4.86. The predicted octanol–water partition coefficient (Wildman–Crippen LogP) is 5.50. The van der Waals surface area contributed by atoms with E-state index < -0.39 is 0 Å². The van der Waals surface area contributed by atoms with Gasteiger partial charge in [-0.15, -0.1) is 0 Å². The van der Waals surface area contributed by atoms with E-state index in [9.17, 15) is 0 Å². The van der Waals surface area contributed by atoms with Gasteiger partial charge in [0.2, 0.25) is 0 Å². The third kappa shape index (κ3) is 3.86. The van der Waals surface area contributed by atoms with Crippen molar-refractivity contribution in [2.75, 3.05) is 5.32 Å². The second-order valence-corrected chi connectivity index (χ2v) is 4.73. The Morgan fingerprint density at radius 2 is 1.55 bits per heavy atom. The zero-order chi connectivity index (χ0) is 14.2. The van der Waals surface area contributed by atoms with E-state index in [2.05, 4.69) is 67.8 Å². The number of benzene rings is 2. The van der Waals surface area contributed by atoms with Gasteiger partial charge in [-0.3, -0.25) is 0 Å². The number of rotatable bonds is 5. The van der Waals surface area contributed by atoms with E-state index in [-0.39, 0.29) is 0 Å². The lowest BCUT2D eigenvalue weighted by atomic mass is 9.99. The second kappa shape index (κ2) is 7.34. The fourth-order valence-corrected chi connectivity index (χ4v) is 2.15. The Morgan fingerprint density at radius 1 is 0.950 bits per heavy atom. The minimum atomic E-state index is 1.04. The molecule has 0 bridgehead atoms.